The number of amides is 1. The highest BCUT2D eigenvalue weighted by molar-refractivity contribution is 7.89. The second-order valence-electron chi connectivity index (χ2n) is 5.70. The van der Waals surface area contributed by atoms with Crippen molar-refractivity contribution >= 4 is 44.8 Å². The van der Waals surface area contributed by atoms with E-state index in [2.05, 4.69) is 10.0 Å². The van der Waals surface area contributed by atoms with Crippen molar-refractivity contribution in [3.8, 4) is 11.5 Å². The predicted molar refractivity (Wildman–Crippen MR) is 109 cm³/mol. The van der Waals surface area contributed by atoms with Crippen molar-refractivity contribution in [1.82, 2.24) is 4.72 Å². The quantitative estimate of drug-likeness (QED) is 0.644. The first-order valence-electron chi connectivity index (χ1n) is 8.27. The number of hydrogen-bond donors (Lipinski definition) is 2. The first kappa shape index (κ1) is 22.3. The molecule has 152 valence electrons. The van der Waals surface area contributed by atoms with Crippen LogP contribution in [-0.2, 0) is 14.8 Å². The molecule has 0 fully saturated rings. The summed E-state index contributed by atoms with van der Waals surface area (Å²) in [5.74, 6) is -0.0612. The molecule has 0 saturated carbocycles. The SMILES string of the molecule is CCOc1ccc(Cl)cc1S(=O)(=O)NC(C)C(=O)Nc1cc(Cl)ccc1OC. The zero-order valence-electron chi connectivity index (χ0n) is 15.5. The monoisotopic (exact) mass is 446 g/mol. The molecule has 0 bridgehead atoms. The lowest BCUT2D eigenvalue weighted by Gasteiger charge is -2.17. The van der Waals surface area contributed by atoms with Crippen molar-refractivity contribution < 1.29 is 22.7 Å². The minimum absolute atomic E-state index is 0.142. The molecule has 0 spiro atoms. The fraction of sp³-hybridized carbons (Fsp3) is 0.278. The van der Waals surface area contributed by atoms with Crippen LogP contribution in [-0.4, -0.2) is 34.1 Å². The number of benzene rings is 2. The predicted octanol–water partition coefficient (Wildman–Crippen LogP) is 3.71. The average molecular weight is 447 g/mol. The van der Waals surface area contributed by atoms with E-state index in [1.165, 1.54) is 38.3 Å². The number of ether oxygens (including phenoxy) is 2. The van der Waals surface area contributed by atoms with E-state index in [0.29, 0.717) is 16.5 Å². The van der Waals surface area contributed by atoms with Gasteiger partial charge in [-0.2, -0.15) is 4.72 Å². The van der Waals surface area contributed by atoms with Crippen molar-refractivity contribution in [2.24, 2.45) is 0 Å². The number of carbonyl (C=O) groups excluding carboxylic acids is 1. The molecule has 0 saturated heterocycles. The highest BCUT2D eigenvalue weighted by Crippen LogP contribution is 2.29. The number of carbonyl (C=O) groups is 1. The van der Waals surface area contributed by atoms with E-state index < -0.39 is 22.0 Å². The Hall–Kier alpha value is -2.00. The third-order valence-corrected chi connectivity index (χ3v) is 5.67. The first-order valence-corrected chi connectivity index (χ1v) is 10.5. The minimum Gasteiger partial charge on any atom is -0.495 e. The highest BCUT2D eigenvalue weighted by atomic mass is 35.5. The Morgan fingerprint density at radius 1 is 1.11 bits per heavy atom. The van der Waals surface area contributed by atoms with Gasteiger partial charge in [-0.3, -0.25) is 4.79 Å². The summed E-state index contributed by atoms with van der Waals surface area (Å²) in [5.41, 5.74) is 0.323. The lowest BCUT2D eigenvalue weighted by molar-refractivity contribution is -0.117. The van der Waals surface area contributed by atoms with E-state index in [-0.39, 0.29) is 22.3 Å². The maximum atomic E-state index is 12.7. The Balaban J connectivity index is 2.22. The van der Waals surface area contributed by atoms with Crippen LogP contribution in [0.1, 0.15) is 13.8 Å². The van der Waals surface area contributed by atoms with Crippen LogP contribution in [0.2, 0.25) is 10.0 Å². The van der Waals surface area contributed by atoms with Crippen LogP contribution in [0.3, 0.4) is 0 Å². The van der Waals surface area contributed by atoms with Gasteiger partial charge in [0.05, 0.1) is 25.4 Å². The van der Waals surface area contributed by atoms with Crippen LogP contribution < -0.4 is 19.5 Å². The smallest absolute Gasteiger partial charge is 0.245 e. The molecule has 1 unspecified atom stereocenters. The number of hydrogen-bond acceptors (Lipinski definition) is 5. The molecule has 2 aromatic rings. The zero-order chi connectivity index (χ0) is 20.9. The lowest BCUT2D eigenvalue weighted by atomic mass is 10.2. The Labute approximate surface area is 174 Å². The number of rotatable bonds is 8. The Bertz CT molecular complexity index is 966. The van der Waals surface area contributed by atoms with E-state index in [9.17, 15) is 13.2 Å². The molecule has 0 aliphatic carbocycles. The van der Waals surface area contributed by atoms with Crippen LogP contribution >= 0.6 is 23.2 Å². The molecular weight excluding hydrogens is 427 g/mol. The first-order chi connectivity index (χ1) is 13.2. The molecule has 1 amide bonds. The molecular formula is C18H20Cl2N2O5S. The molecule has 2 rings (SSSR count). The summed E-state index contributed by atoms with van der Waals surface area (Å²) in [6.45, 7) is 3.41. The average Bonchev–Trinajstić information content (AvgIpc) is 2.63. The third kappa shape index (κ3) is 5.51. The van der Waals surface area contributed by atoms with Crippen LogP contribution in [0.15, 0.2) is 41.3 Å². The molecule has 28 heavy (non-hydrogen) atoms. The molecule has 0 aliphatic rings. The number of anilines is 1. The molecule has 2 aromatic carbocycles. The summed E-state index contributed by atoms with van der Waals surface area (Å²) in [4.78, 5) is 12.3. The van der Waals surface area contributed by atoms with Gasteiger partial charge in [-0.1, -0.05) is 23.2 Å². The van der Waals surface area contributed by atoms with Crippen molar-refractivity contribution in [3.63, 3.8) is 0 Å². The standard InChI is InChI=1S/C18H20Cl2N2O5S/c1-4-27-16-8-6-13(20)10-17(16)28(24,25)22-11(2)18(23)21-14-9-12(19)5-7-15(14)26-3/h5-11,22H,4H2,1-3H3,(H,21,23). The van der Waals surface area contributed by atoms with Gasteiger partial charge in [0, 0.05) is 10.0 Å². The molecule has 7 nitrogen and oxygen atoms in total. The lowest BCUT2D eigenvalue weighted by Crippen LogP contribution is -2.41. The van der Waals surface area contributed by atoms with Gasteiger partial charge in [0.1, 0.15) is 16.4 Å². The van der Waals surface area contributed by atoms with Crippen LogP contribution in [0.4, 0.5) is 5.69 Å². The van der Waals surface area contributed by atoms with Crippen LogP contribution in [0, 0.1) is 0 Å². The maximum Gasteiger partial charge on any atom is 0.245 e. The number of halogens is 2. The van der Waals surface area contributed by atoms with Gasteiger partial charge in [-0.25, -0.2) is 8.42 Å². The molecule has 0 heterocycles. The van der Waals surface area contributed by atoms with Crippen molar-refractivity contribution in [2.75, 3.05) is 19.0 Å². The highest BCUT2D eigenvalue weighted by Gasteiger charge is 2.26. The summed E-state index contributed by atoms with van der Waals surface area (Å²) >= 11 is 11.9. The molecule has 0 aromatic heterocycles. The molecule has 10 heteroatoms. The van der Waals surface area contributed by atoms with Gasteiger partial charge in [0.15, 0.2) is 0 Å². The summed E-state index contributed by atoms with van der Waals surface area (Å²) in [5, 5.41) is 3.21. The van der Waals surface area contributed by atoms with Gasteiger partial charge >= 0.3 is 0 Å². The fourth-order valence-electron chi connectivity index (χ4n) is 2.34. The van der Waals surface area contributed by atoms with Crippen LogP contribution in [0.25, 0.3) is 0 Å². The van der Waals surface area contributed by atoms with Gasteiger partial charge in [-0.15, -0.1) is 0 Å². The summed E-state index contributed by atoms with van der Waals surface area (Å²) in [7, 11) is -2.63. The maximum absolute atomic E-state index is 12.7. The number of methoxy groups -OCH3 is 1. The molecule has 0 radical (unpaired) electrons. The Kier molecular flexibility index (Phi) is 7.54. The minimum atomic E-state index is -4.07. The second kappa shape index (κ2) is 9.47. The zero-order valence-corrected chi connectivity index (χ0v) is 17.8. The summed E-state index contributed by atoms with van der Waals surface area (Å²) < 4.78 is 38.3. The molecule has 0 aliphatic heterocycles. The molecule has 1 atom stereocenters. The van der Waals surface area contributed by atoms with Crippen molar-refractivity contribution in [1.29, 1.82) is 0 Å². The largest absolute Gasteiger partial charge is 0.495 e. The van der Waals surface area contributed by atoms with E-state index in [4.69, 9.17) is 32.7 Å². The number of nitrogens with one attached hydrogen (secondary N) is 2. The molecule has 2 N–H and O–H groups in total. The van der Waals surface area contributed by atoms with Crippen LogP contribution in [0.5, 0.6) is 11.5 Å². The van der Waals surface area contributed by atoms with E-state index in [1.807, 2.05) is 0 Å². The third-order valence-electron chi connectivity index (χ3n) is 3.64. The van der Waals surface area contributed by atoms with Gasteiger partial charge in [0.2, 0.25) is 15.9 Å². The van der Waals surface area contributed by atoms with E-state index in [1.54, 1.807) is 19.1 Å². The fourth-order valence-corrected chi connectivity index (χ4v) is 4.12. The van der Waals surface area contributed by atoms with Crippen molar-refractivity contribution in [2.45, 2.75) is 24.8 Å². The van der Waals surface area contributed by atoms with E-state index >= 15 is 0 Å². The van der Waals surface area contributed by atoms with Gasteiger partial charge < -0.3 is 14.8 Å². The van der Waals surface area contributed by atoms with Crippen molar-refractivity contribution in [3.05, 3.63) is 46.4 Å². The van der Waals surface area contributed by atoms with E-state index in [0.717, 1.165) is 0 Å². The van der Waals surface area contributed by atoms with Gasteiger partial charge in [0.25, 0.3) is 0 Å². The summed E-state index contributed by atoms with van der Waals surface area (Å²) in [6.07, 6.45) is 0. The number of sulfonamides is 1. The second-order valence-corrected chi connectivity index (χ2v) is 8.26. The topological polar surface area (TPSA) is 93.7 Å². The van der Waals surface area contributed by atoms with Gasteiger partial charge in [-0.05, 0) is 50.2 Å². The Morgan fingerprint density at radius 2 is 1.71 bits per heavy atom. The Morgan fingerprint density at radius 3 is 2.32 bits per heavy atom. The normalized spacial score (nSPS) is 12.3. The summed E-state index contributed by atoms with van der Waals surface area (Å²) in [6, 6.07) is 7.85.